The normalized spacial score (nSPS) is 14.8. The molecule has 0 bridgehead atoms. The van der Waals surface area contributed by atoms with Crippen LogP contribution in [0, 0.1) is 10.1 Å². The van der Waals surface area contributed by atoms with Gasteiger partial charge in [0.05, 0.1) is 44.5 Å². The van der Waals surface area contributed by atoms with Crippen LogP contribution < -0.4 is 24.4 Å². The van der Waals surface area contributed by atoms with Crippen LogP contribution in [0.1, 0.15) is 37.9 Å². The van der Waals surface area contributed by atoms with Crippen molar-refractivity contribution in [3.8, 4) is 11.5 Å². The predicted octanol–water partition coefficient (Wildman–Crippen LogP) is 4.43. The van der Waals surface area contributed by atoms with Crippen LogP contribution >= 0.6 is 27.3 Å². The van der Waals surface area contributed by atoms with Crippen molar-refractivity contribution in [1.82, 2.24) is 4.57 Å². The van der Waals surface area contributed by atoms with Crippen LogP contribution in [0.3, 0.4) is 0 Å². The lowest BCUT2D eigenvalue weighted by Crippen LogP contribution is -2.39. The summed E-state index contributed by atoms with van der Waals surface area (Å²) in [6.07, 6.45) is 3.04. The van der Waals surface area contributed by atoms with Crippen LogP contribution in [0.4, 0.5) is 5.69 Å². The number of benzene rings is 2. The van der Waals surface area contributed by atoms with Crippen LogP contribution in [0.5, 0.6) is 11.5 Å². The number of allylic oxidation sites excluding steroid dienone is 1. The molecule has 0 saturated heterocycles. The van der Waals surface area contributed by atoms with Gasteiger partial charge in [-0.1, -0.05) is 36.1 Å². The quantitative estimate of drug-likeness (QED) is 0.141. The Bertz CT molecular complexity index is 1690. The van der Waals surface area contributed by atoms with Crippen molar-refractivity contribution >= 4 is 45.0 Å². The van der Waals surface area contributed by atoms with Gasteiger partial charge in [-0.3, -0.25) is 19.5 Å². The Labute approximate surface area is 241 Å². The number of carbonyl (C=O) groups excluding carboxylic acids is 1. The second-order valence-corrected chi connectivity index (χ2v) is 10.4. The summed E-state index contributed by atoms with van der Waals surface area (Å²) in [7, 11) is 0. The van der Waals surface area contributed by atoms with Gasteiger partial charge in [0.25, 0.3) is 5.56 Å². The number of rotatable bonds is 10. The predicted molar refractivity (Wildman–Crippen MR) is 154 cm³/mol. The van der Waals surface area contributed by atoms with Crippen LogP contribution in [0.2, 0.25) is 0 Å². The molecule has 1 aliphatic rings. The summed E-state index contributed by atoms with van der Waals surface area (Å²) in [6.45, 7) is 9.61. The van der Waals surface area contributed by atoms with Crippen molar-refractivity contribution in [3.05, 3.63) is 106 Å². The lowest BCUT2D eigenvalue weighted by Gasteiger charge is -2.24. The monoisotopic (exact) mass is 627 g/mol. The van der Waals surface area contributed by atoms with Gasteiger partial charge in [0.1, 0.15) is 12.4 Å². The van der Waals surface area contributed by atoms with Crippen molar-refractivity contribution in [1.29, 1.82) is 0 Å². The Morgan fingerprint density at radius 2 is 1.95 bits per heavy atom. The van der Waals surface area contributed by atoms with Crippen molar-refractivity contribution in [2.45, 2.75) is 26.8 Å². The molecule has 0 amide bonds. The molecule has 0 saturated carbocycles. The minimum absolute atomic E-state index is 0.0636. The van der Waals surface area contributed by atoms with E-state index in [-0.39, 0.29) is 34.8 Å². The average Bonchev–Trinajstić information content (AvgIpc) is 3.21. The number of fused-ring (bicyclic) bond motifs is 1. The number of aromatic nitrogens is 1. The van der Waals surface area contributed by atoms with E-state index in [9.17, 15) is 19.7 Å². The van der Waals surface area contributed by atoms with E-state index >= 15 is 0 Å². The highest BCUT2D eigenvalue weighted by atomic mass is 79.9. The first-order valence-corrected chi connectivity index (χ1v) is 13.9. The molecule has 1 atom stereocenters. The molecule has 1 aromatic heterocycles. The molecule has 1 aliphatic heterocycles. The summed E-state index contributed by atoms with van der Waals surface area (Å²) in [5.74, 6) is 0.157. The number of nitro benzene ring substituents is 1. The van der Waals surface area contributed by atoms with E-state index in [1.165, 1.54) is 16.7 Å². The molecule has 3 aromatic rings. The van der Waals surface area contributed by atoms with Gasteiger partial charge < -0.3 is 14.2 Å². The second-order valence-electron chi connectivity index (χ2n) is 8.51. The van der Waals surface area contributed by atoms with Gasteiger partial charge in [-0.15, -0.1) is 0 Å². The Morgan fingerprint density at radius 1 is 1.23 bits per heavy atom. The zero-order valence-electron chi connectivity index (χ0n) is 22.0. The smallest absolute Gasteiger partial charge is 0.338 e. The topological polar surface area (TPSA) is 122 Å². The standard InChI is InChI=1S/C28H26BrN3O7S/c1-5-12-39-25-20(29)13-17(14-21(25)32(35)36)15-22-26(33)31-24(18-8-10-19(11-9-18)37-6-2)23(27(34)38-7-3)16(4)30-28(31)40-22/h5,8-11,13-15,24H,1,6-7,12H2,2-4H3/b22-15-/t24-/m1/s1. The maximum Gasteiger partial charge on any atom is 0.338 e. The van der Waals surface area contributed by atoms with E-state index in [1.807, 2.05) is 6.92 Å². The minimum Gasteiger partial charge on any atom is -0.494 e. The Balaban J connectivity index is 1.90. The lowest BCUT2D eigenvalue weighted by atomic mass is 9.96. The minimum atomic E-state index is -0.788. The van der Waals surface area contributed by atoms with E-state index in [0.717, 1.165) is 11.3 Å². The number of halogens is 1. The molecule has 0 fully saturated rings. The van der Waals surface area contributed by atoms with Gasteiger partial charge in [0, 0.05) is 6.07 Å². The largest absolute Gasteiger partial charge is 0.494 e. The van der Waals surface area contributed by atoms with Crippen molar-refractivity contribution in [2.24, 2.45) is 4.99 Å². The first kappa shape index (κ1) is 29.0. The van der Waals surface area contributed by atoms with Gasteiger partial charge in [-0.25, -0.2) is 9.79 Å². The number of hydrogen-bond donors (Lipinski definition) is 0. The molecule has 10 nitrogen and oxygen atoms in total. The first-order valence-electron chi connectivity index (χ1n) is 12.3. The third kappa shape index (κ3) is 5.77. The number of thiazole rings is 1. The number of nitro groups is 1. The molecule has 4 rings (SSSR count). The number of esters is 1. The molecule has 0 unspecified atom stereocenters. The fourth-order valence-corrected chi connectivity index (χ4v) is 5.90. The molecular weight excluding hydrogens is 602 g/mol. The third-order valence-electron chi connectivity index (χ3n) is 5.91. The molecular formula is C28H26BrN3O7S. The molecule has 0 spiro atoms. The fraction of sp³-hybridized carbons (Fsp3) is 0.250. The first-order chi connectivity index (χ1) is 19.2. The maximum absolute atomic E-state index is 13.8. The summed E-state index contributed by atoms with van der Waals surface area (Å²) < 4.78 is 18.4. The Hall–Kier alpha value is -4.03. The molecule has 0 aliphatic carbocycles. The molecule has 40 heavy (non-hydrogen) atoms. The molecule has 2 aromatic carbocycles. The van der Waals surface area contributed by atoms with Gasteiger partial charge in [0.15, 0.2) is 4.80 Å². The summed E-state index contributed by atoms with van der Waals surface area (Å²) in [5.41, 5.74) is 1.12. The van der Waals surface area contributed by atoms with Crippen LogP contribution in [-0.2, 0) is 9.53 Å². The summed E-state index contributed by atoms with van der Waals surface area (Å²) >= 11 is 4.46. The number of carbonyl (C=O) groups is 1. The van der Waals surface area contributed by atoms with Crippen molar-refractivity contribution < 1.29 is 23.9 Å². The molecule has 208 valence electrons. The van der Waals surface area contributed by atoms with E-state index in [1.54, 1.807) is 50.3 Å². The van der Waals surface area contributed by atoms with Gasteiger partial charge in [-0.2, -0.15) is 0 Å². The summed E-state index contributed by atoms with van der Waals surface area (Å²) in [6, 6.07) is 9.33. The van der Waals surface area contributed by atoms with E-state index in [2.05, 4.69) is 27.5 Å². The van der Waals surface area contributed by atoms with Crippen molar-refractivity contribution in [3.63, 3.8) is 0 Å². The van der Waals surface area contributed by atoms with E-state index in [0.29, 0.717) is 38.5 Å². The van der Waals surface area contributed by atoms with Gasteiger partial charge in [0.2, 0.25) is 5.75 Å². The average molecular weight is 629 g/mol. The van der Waals surface area contributed by atoms with Crippen LogP contribution in [-0.4, -0.2) is 35.3 Å². The van der Waals surface area contributed by atoms with Crippen molar-refractivity contribution in [2.75, 3.05) is 19.8 Å². The number of hydrogen-bond acceptors (Lipinski definition) is 9. The Morgan fingerprint density at radius 3 is 2.58 bits per heavy atom. The number of ether oxygens (including phenoxy) is 3. The van der Waals surface area contributed by atoms with Gasteiger partial charge in [-0.05, 0) is 72.1 Å². The van der Waals surface area contributed by atoms with E-state index < -0.39 is 22.5 Å². The number of nitrogens with zero attached hydrogens (tertiary/aromatic N) is 3. The molecule has 0 radical (unpaired) electrons. The highest BCUT2D eigenvalue weighted by molar-refractivity contribution is 9.10. The van der Waals surface area contributed by atoms with Crippen LogP contribution in [0.25, 0.3) is 6.08 Å². The Kier molecular flexibility index (Phi) is 9.00. The zero-order valence-corrected chi connectivity index (χ0v) is 24.4. The second kappa shape index (κ2) is 12.4. The van der Waals surface area contributed by atoms with Crippen LogP contribution in [0.15, 0.2) is 74.6 Å². The van der Waals surface area contributed by atoms with E-state index in [4.69, 9.17) is 14.2 Å². The highest BCUT2D eigenvalue weighted by Crippen LogP contribution is 2.37. The zero-order chi connectivity index (χ0) is 29.0. The molecule has 2 heterocycles. The van der Waals surface area contributed by atoms with Gasteiger partial charge >= 0.3 is 11.7 Å². The SMILES string of the molecule is C=CCOc1c(Br)cc(/C=c2\sc3n(c2=O)[C@H](c2ccc(OCC)cc2)C(C(=O)OCC)=C(C)N=3)cc1[N+](=O)[O-]. The molecule has 0 N–H and O–H groups in total. The highest BCUT2D eigenvalue weighted by Gasteiger charge is 2.33. The summed E-state index contributed by atoms with van der Waals surface area (Å²) in [4.78, 5) is 43.0. The maximum atomic E-state index is 13.8. The summed E-state index contributed by atoms with van der Waals surface area (Å²) in [5, 5.41) is 11.8. The lowest BCUT2D eigenvalue weighted by molar-refractivity contribution is -0.385. The third-order valence-corrected chi connectivity index (χ3v) is 7.48. The molecule has 12 heteroatoms. The fourth-order valence-electron chi connectivity index (χ4n) is 4.27.